The maximum Gasteiger partial charge on any atom is 0.120 e. The molecule has 0 unspecified atom stereocenters. The van der Waals surface area contributed by atoms with Crippen LogP contribution in [0, 0.1) is 5.92 Å². The Morgan fingerprint density at radius 3 is 2.34 bits per heavy atom. The number of unbranched alkanes of at least 4 members (excludes halogenated alkanes) is 2. The Labute approximate surface area is 177 Å². The Balaban J connectivity index is 1.62. The van der Waals surface area contributed by atoms with Crippen LogP contribution in [-0.4, -0.2) is 6.29 Å². The van der Waals surface area contributed by atoms with Crippen molar-refractivity contribution in [2.45, 2.75) is 90.4 Å². The first-order chi connectivity index (χ1) is 14.2. The molecular weight excluding hydrogens is 352 g/mol. The molecule has 0 spiro atoms. The van der Waals surface area contributed by atoms with Crippen LogP contribution in [0.5, 0.6) is 0 Å². The molecule has 0 saturated heterocycles. The Hall–Kier alpha value is -1.89. The van der Waals surface area contributed by atoms with Gasteiger partial charge in [0.1, 0.15) is 6.29 Å². The van der Waals surface area contributed by atoms with Crippen molar-refractivity contribution < 1.29 is 4.79 Å². The molecule has 0 amide bonds. The summed E-state index contributed by atoms with van der Waals surface area (Å²) in [5, 5.41) is 0. The summed E-state index contributed by atoms with van der Waals surface area (Å²) >= 11 is 0. The maximum atomic E-state index is 10.7. The van der Waals surface area contributed by atoms with Crippen LogP contribution >= 0.6 is 0 Å². The van der Waals surface area contributed by atoms with Crippen LogP contribution in [-0.2, 0) is 17.6 Å². The van der Waals surface area contributed by atoms with E-state index in [4.69, 9.17) is 0 Å². The summed E-state index contributed by atoms with van der Waals surface area (Å²) in [5.74, 6) is 1.73. The number of rotatable bonds is 10. The van der Waals surface area contributed by atoms with Gasteiger partial charge in [-0.15, -0.1) is 0 Å². The van der Waals surface area contributed by atoms with E-state index < -0.39 is 0 Å². The van der Waals surface area contributed by atoms with E-state index in [1.807, 2.05) is 0 Å². The highest BCUT2D eigenvalue weighted by Crippen LogP contribution is 2.38. The van der Waals surface area contributed by atoms with E-state index in [0.29, 0.717) is 6.42 Å². The first-order valence-electron chi connectivity index (χ1n) is 11.9. The second-order valence-corrected chi connectivity index (χ2v) is 8.89. The second kappa shape index (κ2) is 11.3. The third kappa shape index (κ3) is 6.04. The lowest BCUT2D eigenvalue weighted by Crippen LogP contribution is -2.13. The molecule has 1 saturated carbocycles. The number of aldehydes is 1. The smallest absolute Gasteiger partial charge is 0.120 e. The van der Waals surface area contributed by atoms with Gasteiger partial charge in [0.05, 0.1) is 0 Å². The maximum absolute atomic E-state index is 10.7. The number of hydrogen-bond donors (Lipinski definition) is 0. The van der Waals surface area contributed by atoms with Gasteiger partial charge in [0, 0.05) is 6.42 Å². The summed E-state index contributed by atoms with van der Waals surface area (Å²) < 4.78 is 0. The lowest BCUT2D eigenvalue weighted by atomic mass is 9.77. The monoisotopic (exact) mass is 390 g/mol. The van der Waals surface area contributed by atoms with Crippen molar-refractivity contribution in [3.63, 3.8) is 0 Å². The number of carbonyl (C=O) groups is 1. The van der Waals surface area contributed by atoms with Crippen molar-refractivity contribution in [2.75, 3.05) is 0 Å². The quantitative estimate of drug-likeness (QED) is 0.297. The lowest BCUT2D eigenvalue weighted by molar-refractivity contribution is -0.107. The normalized spacial score (nSPS) is 19.2. The zero-order valence-electron chi connectivity index (χ0n) is 18.5. The van der Waals surface area contributed by atoms with Crippen LogP contribution in [0.2, 0.25) is 0 Å². The predicted molar refractivity (Wildman–Crippen MR) is 124 cm³/mol. The molecule has 2 aromatic rings. The standard InChI is InChI=1S/C28H38O/c1-3-5-6-8-22-10-13-25(14-11-22)26-15-17-27(18-16-26)28-19-12-23(9-7-20-29)21-24(28)4-2/h12,15-22,25H,3-11,13-14H2,1-2H3. The van der Waals surface area contributed by atoms with Gasteiger partial charge in [0.25, 0.3) is 0 Å². The summed E-state index contributed by atoms with van der Waals surface area (Å²) in [4.78, 5) is 10.7. The molecule has 0 aromatic heterocycles. The summed E-state index contributed by atoms with van der Waals surface area (Å²) in [6.45, 7) is 4.52. The number of benzene rings is 2. The van der Waals surface area contributed by atoms with Crippen molar-refractivity contribution in [2.24, 2.45) is 5.92 Å². The Bertz CT molecular complexity index is 750. The average molecular weight is 391 g/mol. The summed E-state index contributed by atoms with van der Waals surface area (Å²) in [5.41, 5.74) is 6.84. The molecule has 0 bridgehead atoms. The fourth-order valence-electron chi connectivity index (χ4n) is 5.00. The van der Waals surface area contributed by atoms with Crippen LogP contribution in [0.1, 0.15) is 94.2 Å². The van der Waals surface area contributed by atoms with Crippen molar-refractivity contribution in [1.29, 1.82) is 0 Å². The minimum absolute atomic E-state index is 0.609. The number of carbonyl (C=O) groups excluding carboxylic acids is 1. The van der Waals surface area contributed by atoms with Crippen LogP contribution in [0.15, 0.2) is 42.5 Å². The predicted octanol–water partition coefficient (Wildman–Crippen LogP) is 7.90. The average Bonchev–Trinajstić information content (AvgIpc) is 2.78. The molecule has 2 aromatic carbocycles. The van der Waals surface area contributed by atoms with Crippen LogP contribution in [0.25, 0.3) is 11.1 Å². The third-order valence-corrected chi connectivity index (χ3v) is 6.86. The van der Waals surface area contributed by atoms with Gasteiger partial charge >= 0.3 is 0 Å². The minimum Gasteiger partial charge on any atom is -0.303 e. The lowest BCUT2D eigenvalue weighted by Gasteiger charge is -2.29. The molecule has 3 rings (SSSR count). The van der Waals surface area contributed by atoms with Gasteiger partial charge < -0.3 is 4.79 Å². The van der Waals surface area contributed by atoms with Crippen molar-refractivity contribution >= 4 is 6.29 Å². The molecule has 1 aliphatic carbocycles. The molecule has 0 N–H and O–H groups in total. The molecule has 0 atom stereocenters. The fourth-order valence-corrected chi connectivity index (χ4v) is 5.00. The molecule has 1 heteroatoms. The van der Waals surface area contributed by atoms with Crippen molar-refractivity contribution in [3.05, 3.63) is 59.2 Å². The highest BCUT2D eigenvalue weighted by Gasteiger charge is 2.22. The summed E-state index contributed by atoms with van der Waals surface area (Å²) in [7, 11) is 0. The first-order valence-corrected chi connectivity index (χ1v) is 11.9. The second-order valence-electron chi connectivity index (χ2n) is 8.89. The van der Waals surface area contributed by atoms with E-state index >= 15 is 0 Å². The highest BCUT2D eigenvalue weighted by atomic mass is 16.1. The van der Waals surface area contributed by atoms with Crippen LogP contribution in [0.3, 0.4) is 0 Å². The minimum atomic E-state index is 0.609. The molecule has 1 fully saturated rings. The third-order valence-electron chi connectivity index (χ3n) is 6.86. The zero-order valence-corrected chi connectivity index (χ0v) is 18.5. The molecule has 0 aliphatic heterocycles. The topological polar surface area (TPSA) is 17.1 Å². The molecule has 156 valence electrons. The molecule has 0 heterocycles. The first kappa shape index (κ1) is 21.8. The molecular formula is C28H38O. The highest BCUT2D eigenvalue weighted by molar-refractivity contribution is 5.68. The van der Waals surface area contributed by atoms with Crippen molar-refractivity contribution in [1.82, 2.24) is 0 Å². The van der Waals surface area contributed by atoms with Crippen molar-refractivity contribution in [3.8, 4) is 11.1 Å². The molecule has 29 heavy (non-hydrogen) atoms. The number of aryl methyl sites for hydroxylation is 2. The molecule has 0 radical (unpaired) electrons. The van der Waals surface area contributed by atoms with Gasteiger partial charge in [0.15, 0.2) is 0 Å². The number of hydrogen-bond acceptors (Lipinski definition) is 1. The van der Waals surface area contributed by atoms with E-state index in [0.717, 1.165) is 31.0 Å². The largest absolute Gasteiger partial charge is 0.303 e. The van der Waals surface area contributed by atoms with Gasteiger partial charge in [-0.25, -0.2) is 0 Å². The van der Waals surface area contributed by atoms with Crippen LogP contribution in [0.4, 0.5) is 0 Å². The SMILES string of the molecule is CCCCCC1CCC(c2ccc(-c3ccc(CCC=O)cc3CC)cc2)CC1. The van der Waals surface area contributed by atoms with E-state index in [9.17, 15) is 4.79 Å². The van der Waals surface area contributed by atoms with Gasteiger partial charge in [0.2, 0.25) is 0 Å². The van der Waals surface area contributed by atoms with E-state index in [-0.39, 0.29) is 0 Å². The Morgan fingerprint density at radius 1 is 0.931 bits per heavy atom. The van der Waals surface area contributed by atoms with E-state index in [2.05, 4.69) is 56.3 Å². The van der Waals surface area contributed by atoms with E-state index in [1.54, 1.807) is 0 Å². The fraction of sp³-hybridized carbons (Fsp3) is 0.536. The van der Waals surface area contributed by atoms with E-state index in [1.165, 1.54) is 79.2 Å². The van der Waals surface area contributed by atoms with Gasteiger partial charge in [-0.05, 0) is 78.2 Å². The Morgan fingerprint density at radius 2 is 1.69 bits per heavy atom. The zero-order chi connectivity index (χ0) is 20.5. The van der Waals surface area contributed by atoms with Gasteiger partial charge in [-0.2, -0.15) is 0 Å². The molecule has 1 aliphatic rings. The van der Waals surface area contributed by atoms with Crippen LogP contribution < -0.4 is 0 Å². The Kier molecular flexibility index (Phi) is 8.52. The van der Waals surface area contributed by atoms with Gasteiger partial charge in [-0.3, -0.25) is 0 Å². The van der Waals surface area contributed by atoms with Gasteiger partial charge in [-0.1, -0.05) is 82.0 Å². The summed E-state index contributed by atoms with van der Waals surface area (Å²) in [6, 6.07) is 16.1. The summed E-state index contributed by atoms with van der Waals surface area (Å²) in [6.07, 6.45) is 14.7. The molecule has 1 nitrogen and oxygen atoms in total.